The lowest BCUT2D eigenvalue weighted by molar-refractivity contribution is 0.651. The monoisotopic (exact) mass is 439 g/mol. The molecule has 0 N–H and O–H groups in total. The SMILES string of the molecule is Cc1ccccc1N(CC(C)C)c1ccc(-c2ccc3ccc4cccc5ccc2c3c45)cc1. The van der Waals surface area contributed by atoms with E-state index in [1.807, 2.05) is 0 Å². The fraction of sp³-hybridized carbons (Fsp3) is 0.152. The quantitative estimate of drug-likeness (QED) is 0.242. The largest absolute Gasteiger partial charge is 0.341 e. The average molecular weight is 440 g/mol. The Hall–Kier alpha value is -3.84. The highest BCUT2D eigenvalue weighted by Gasteiger charge is 2.15. The van der Waals surface area contributed by atoms with Crippen LogP contribution in [0.15, 0.2) is 103 Å². The second kappa shape index (κ2) is 8.18. The first-order valence-corrected chi connectivity index (χ1v) is 12.2. The first-order valence-electron chi connectivity index (χ1n) is 12.2. The number of benzene rings is 6. The molecular weight excluding hydrogens is 410 g/mol. The zero-order valence-corrected chi connectivity index (χ0v) is 20.0. The van der Waals surface area contributed by atoms with Crippen molar-refractivity contribution in [2.75, 3.05) is 11.4 Å². The maximum absolute atomic E-state index is 2.45. The van der Waals surface area contributed by atoms with Crippen LogP contribution in [-0.2, 0) is 0 Å². The summed E-state index contributed by atoms with van der Waals surface area (Å²) in [5.41, 5.74) is 6.38. The molecule has 0 aliphatic rings. The molecule has 0 aliphatic carbocycles. The van der Waals surface area contributed by atoms with Crippen molar-refractivity contribution in [3.63, 3.8) is 0 Å². The van der Waals surface area contributed by atoms with Crippen molar-refractivity contribution in [3.8, 4) is 11.1 Å². The second-order valence-corrected chi connectivity index (χ2v) is 9.81. The standard InChI is InChI=1S/C33H29N/c1-22(2)21-34(31-10-5-4-7-23(31)3)28-17-13-24(14-18-28)29-19-15-27-12-11-25-8-6-9-26-16-20-30(29)33(27)32(25)26/h4-20,22H,21H2,1-3H3. The molecule has 166 valence electrons. The van der Waals surface area contributed by atoms with E-state index in [1.165, 1.54) is 60.4 Å². The third kappa shape index (κ3) is 3.40. The summed E-state index contributed by atoms with van der Waals surface area (Å²) in [7, 11) is 0. The summed E-state index contributed by atoms with van der Waals surface area (Å²) in [5.74, 6) is 0.567. The summed E-state index contributed by atoms with van der Waals surface area (Å²) in [6.45, 7) is 7.75. The van der Waals surface area contributed by atoms with Gasteiger partial charge < -0.3 is 4.90 Å². The van der Waals surface area contributed by atoms with Crippen molar-refractivity contribution in [2.45, 2.75) is 20.8 Å². The predicted octanol–water partition coefficient (Wildman–Crippen LogP) is 9.35. The lowest BCUT2D eigenvalue weighted by Gasteiger charge is -2.28. The minimum absolute atomic E-state index is 0.567. The zero-order chi connectivity index (χ0) is 23.2. The van der Waals surface area contributed by atoms with Crippen molar-refractivity contribution < 1.29 is 0 Å². The Labute approximate surface area is 201 Å². The summed E-state index contributed by atoms with van der Waals surface area (Å²) in [4.78, 5) is 2.45. The fourth-order valence-electron chi connectivity index (χ4n) is 5.38. The number of hydrogen-bond acceptors (Lipinski definition) is 1. The molecule has 0 aliphatic heterocycles. The highest BCUT2D eigenvalue weighted by Crippen LogP contribution is 2.40. The average Bonchev–Trinajstić information content (AvgIpc) is 2.86. The van der Waals surface area contributed by atoms with Crippen LogP contribution >= 0.6 is 0 Å². The smallest absolute Gasteiger partial charge is 0.0440 e. The van der Waals surface area contributed by atoms with Gasteiger partial charge in [0.2, 0.25) is 0 Å². The van der Waals surface area contributed by atoms with Crippen LogP contribution in [0.2, 0.25) is 0 Å². The Morgan fingerprint density at radius 2 is 1.26 bits per heavy atom. The molecule has 0 amide bonds. The molecule has 0 heterocycles. The first-order chi connectivity index (χ1) is 16.6. The van der Waals surface area contributed by atoms with Gasteiger partial charge in [0.1, 0.15) is 0 Å². The van der Waals surface area contributed by atoms with Crippen LogP contribution in [0, 0.1) is 12.8 Å². The van der Waals surface area contributed by atoms with Gasteiger partial charge in [0, 0.05) is 17.9 Å². The van der Waals surface area contributed by atoms with Gasteiger partial charge in [-0.25, -0.2) is 0 Å². The molecule has 0 fully saturated rings. The fourth-order valence-corrected chi connectivity index (χ4v) is 5.38. The van der Waals surface area contributed by atoms with E-state index >= 15 is 0 Å². The van der Waals surface area contributed by atoms with E-state index < -0.39 is 0 Å². The third-order valence-electron chi connectivity index (χ3n) is 6.97. The van der Waals surface area contributed by atoms with Crippen molar-refractivity contribution in [2.24, 2.45) is 5.92 Å². The van der Waals surface area contributed by atoms with Gasteiger partial charge >= 0.3 is 0 Å². The van der Waals surface area contributed by atoms with Crippen LogP contribution in [0.3, 0.4) is 0 Å². The van der Waals surface area contributed by atoms with Crippen LogP contribution in [0.1, 0.15) is 19.4 Å². The molecule has 0 atom stereocenters. The van der Waals surface area contributed by atoms with Gasteiger partial charge in [-0.1, -0.05) is 98.8 Å². The van der Waals surface area contributed by atoms with Gasteiger partial charge in [-0.2, -0.15) is 0 Å². The maximum atomic E-state index is 2.45. The maximum Gasteiger partial charge on any atom is 0.0440 e. The molecular formula is C33H29N. The molecule has 0 radical (unpaired) electrons. The molecule has 1 nitrogen and oxygen atoms in total. The first kappa shape index (κ1) is 20.7. The molecule has 0 spiro atoms. The Bertz CT molecular complexity index is 1590. The molecule has 6 aromatic rings. The van der Waals surface area contributed by atoms with E-state index in [-0.39, 0.29) is 0 Å². The minimum atomic E-state index is 0.567. The predicted molar refractivity (Wildman–Crippen MR) is 149 cm³/mol. The molecule has 0 aromatic heterocycles. The topological polar surface area (TPSA) is 3.24 Å². The normalized spacial score (nSPS) is 11.8. The number of rotatable bonds is 5. The van der Waals surface area contributed by atoms with Gasteiger partial charge in [-0.05, 0) is 80.0 Å². The second-order valence-electron chi connectivity index (χ2n) is 9.81. The van der Waals surface area contributed by atoms with Gasteiger partial charge in [0.25, 0.3) is 0 Å². The lowest BCUT2D eigenvalue weighted by atomic mass is 9.90. The highest BCUT2D eigenvalue weighted by atomic mass is 15.1. The van der Waals surface area contributed by atoms with E-state index in [9.17, 15) is 0 Å². The molecule has 6 aromatic carbocycles. The zero-order valence-electron chi connectivity index (χ0n) is 20.0. The van der Waals surface area contributed by atoms with E-state index in [0.717, 1.165) is 6.54 Å². The Morgan fingerprint density at radius 3 is 1.97 bits per heavy atom. The molecule has 0 saturated carbocycles. The van der Waals surface area contributed by atoms with E-state index in [2.05, 4.69) is 129 Å². The summed E-state index contributed by atoms with van der Waals surface area (Å²) >= 11 is 0. The van der Waals surface area contributed by atoms with Crippen molar-refractivity contribution in [1.29, 1.82) is 0 Å². The summed E-state index contributed by atoms with van der Waals surface area (Å²) in [5, 5.41) is 8.00. The van der Waals surface area contributed by atoms with E-state index in [4.69, 9.17) is 0 Å². The Balaban J connectivity index is 1.47. The molecule has 0 bridgehead atoms. The molecule has 0 saturated heterocycles. The minimum Gasteiger partial charge on any atom is -0.341 e. The molecule has 6 rings (SSSR count). The number of para-hydroxylation sites is 1. The summed E-state index contributed by atoms with van der Waals surface area (Å²) < 4.78 is 0. The van der Waals surface area contributed by atoms with Crippen LogP contribution in [-0.4, -0.2) is 6.54 Å². The van der Waals surface area contributed by atoms with Crippen LogP contribution in [0.5, 0.6) is 0 Å². The Morgan fingerprint density at radius 1 is 0.618 bits per heavy atom. The number of nitrogens with zero attached hydrogens (tertiary/aromatic N) is 1. The van der Waals surface area contributed by atoms with Crippen molar-refractivity contribution in [1.82, 2.24) is 0 Å². The van der Waals surface area contributed by atoms with Crippen LogP contribution in [0.4, 0.5) is 11.4 Å². The number of anilines is 2. The summed E-state index contributed by atoms with van der Waals surface area (Å²) in [6, 6.07) is 38.0. The Kier molecular flexibility index (Phi) is 4.99. The van der Waals surface area contributed by atoms with Crippen LogP contribution < -0.4 is 4.90 Å². The lowest BCUT2D eigenvalue weighted by Crippen LogP contribution is -2.23. The van der Waals surface area contributed by atoms with Gasteiger partial charge in [-0.15, -0.1) is 0 Å². The van der Waals surface area contributed by atoms with Crippen molar-refractivity contribution in [3.05, 3.63) is 109 Å². The van der Waals surface area contributed by atoms with E-state index in [1.54, 1.807) is 0 Å². The van der Waals surface area contributed by atoms with Crippen molar-refractivity contribution >= 4 is 43.7 Å². The molecule has 1 heteroatoms. The van der Waals surface area contributed by atoms with Gasteiger partial charge in [-0.3, -0.25) is 0 Å². The summed E-state index contributed by atoms with van der Waals surface area (Å²) in [6.07, 6.45) is 0. The van der Waals surface area contributed by atoms with E-state index in [0.29, 0.717) is 5.92 Å². The van der Waals surface area contributed by atoms with Gasteiger partial charge in [0.05, 0.1) is 0 Å². The molecule has 0 unspecified atom stereocenters. The molecule has 34 heavy (non-hydrogen) atoms. The number of hydrogen-bond donors (Lipinski definition) is 0. The van der Waals surface area contributed by atoms with Crippen LogP contribution in [0.25, 0.3) is 43.4 Å². The third-order valence-corrected chi connectivity index (χ3v) is 6.97. The van der Waals surface area contributed by atoms with Gasteiger partial charge in [0.15, 0.2) is 0 Å². The number of aryl methyl sites for hydroxylation is 1. The highest BCUT2D eigenvalue weighted by molar-refractivity contribution is 6.25.